The fourth-order valence-electron chi connectivity index (χ4n) is 0.743. The number of aryl methyl sites for hydroxylation is 1. The minimum atomic E-state index is -0.336. The first-order valence-corrected chi connectivity index (χ1v) is 5.20. The highest BCUT2D eigenvalue weighted by Gasteiger charge is 2.19. The normalized spacial score (nSPS) is 10.0. The molecule has 1 rings (SSSR count). The quantitative estimate of drug-likeness (QED) is 0.537. The summed E-state index contributed by atoms with van der Waals surface area (Å²) < 4.78 is 7.72. The summed E-state index contributed by atoms with van der Waals surface area (Å²) in [5.74, 6) is -0.336. The number of ether oxygens (including phenoxy) is 1. The van der Waals surface area contributed by atoms with Gasteiger partial charge in [0, 0.05) is 7.05 Å². The van der Waals surface area contributed by atoms with Crippen molar-refractivity contribution in [2.45, 2.75) is 0 Å². The summed E-state index contributed by atoms with van der Waals surface area (Å²) in [5, 5.41) is 4.07. The molecule has 0 N–H and O–H groups in total. The smallest absolute Gasteiger partial charge is 0.343 e. The SMILES string of the molecule is COC(=O)c1c(I)nn(C)c1I. The number of aromatic nitrogens is 2. The van der Waals surface area contributed by atoms with Crippen LogP contribution in [0.1, 0.15) is 10.4 Å². The zero-order valence-electron chi connectivity index (χ0n) is 6.47. The molecule has 0 bridgehead atoms. The number of methoxy groups -OCH3 is 1. The maximum absolute atomic E-state index is 11.2. The van der Waals surface area contributed by atoms with Crippen LogP contribution in [-0.2, 0) is 11.8 Å². The van der Waals surface area contributed by atoms with Crippen molar-refractivity contribution in [1.82, 2.24) is 9.78 Å². The van der Waals surface area contributed by atoms with Crippen molar-refractivity contribution in [2.75, 3.05) is 7.11 Å². The van der Waals surface area contributed by atoms with Gasteiger partial charge in [0.25, 0.3) is 0 Å². The number of carbonyl (C=O) groups is 1. The van der Waals surface area contributed by atoms with Crippen molar-refractivity contribution >= 4 is 51.2 Å². The number of rotatable bonds is 1. The Morgan fingerprint density at radius 1 is 1.58 bits per heavy atom. The Morgan fingerprint density at radius 2 is 2.17 bits per heavy atom. The zero-order valence-corrected chi connectivity index (χ0v) is 10.8. The summed E-state index contributed by atoms with van der Waals surface area (Å²) in [6.07, 6.45) is 0. The third kappa shape index (κ3) is 1.73. The highest BCUT2D eigenvalue weighted by atomic mass is 127. The molecule has 4 nitrogen and oxygen atoms in total. The largest absolute Gasteiger partial charge is 0.465 e. The molecule has 0 saturated carbocycles. The number of hydrogen-bond acceptors (Lipinski definition) is 3. The lowest BCUT2D eigenvalue weighted by Crippen LogP contribution is -2.04. The second kappa shape index (κ2) is 3.90. The molecule has 6 heteroatoms. The second-order valence-corrected chi connectivity index (χ2v) is 4.12. The van der Waals surface area contributed by atoms with Crippen molar-refractivity contribution < 1.29 is 9.53 Å². The Hall–Kier alpha value is 0.140. The molecular formula is C6H6I2N2O2. The lowest BCUT2D eigenvalue weighted by atomic mass is 10.4. The molecule has 0 radical (unpaired) electrons. The molecule has 0 aromatic carbocycles. The number of halogens is 2. The van der Waals surface area contributed by atoms with Crippen LogP contribution in [0, 0.1) is 7.40 Å². The van der Waals surface area contributed by atoms with Gasteiger partial charge in [-0.25, -0.2) is 4.79 Å². The minimum absolute atomic E-state index is 0.336. The first kappa shape index (κ1) is 10.2. The molecule has 1 aromatic heterocycles. The van der Waals surface area contributed by atoms with Crippen LogP contribution in [0.4, 0.5) is 0 Å². The molecule has 0 aliphatic rings. The molecule has 0 aliphatic heterocycles. The average molecular weight is 392 g/mol. The van der Waals surface area contributed by atoms with Gasteiger partial charge in [-0.05, 0) is 45.2 Å². The minimum Gasteiger partial charge on any atom is -0.465 e. The van der Waals surface area contributed by atoms with Gasteiger partial charge in [0.1, 0.15) is 13.0 Å². The summed E-state index contributed by atoms with van der Waals surface area (Å²) >= 11 is 4.07. The van der Waals surface area contributed by atoms with E-state index in [-0.39, 0.29) is 5.97 Å². The third-order valence-corrected chi connectivity index (χ3v) is 3.32. The third-order valence-electron chi connectivity index (χ3n) is 1.32. The maximum atomic E-state index is 11.2. The van der Waals surface area contributed by atoms with E-state index in [1.165, 1.54) is 7.11 Å². The average Bonchev–Trinajstić information content (AvgIpc) is 2.26. The maximum Gasteiger partial charge on any atom is 0.343 e. The van der Waals surface area contributed by atoms with E-state index in [0.29, 0.717) is 9.26 Å². The van der Waals surface area contributed by atoms with E-state index in [2.05, 4.69) is 32.4 Å². The summed E-state index contributed by atoms with van der Waals surface area (Å²) in [6, 6.07) is 0. The molecular weight excluding hydrogens is 386 g/mol. The van der Waals surface area contributed by atoms with Gasteiger partial charge in [-0.15, -0.1) is 0 Å². The molecule has 1 aromatic rings. The Morgan fingerprint density at radius 3 is 2.50 bits per heavy atom. The predicted molar refractivity (Wildman–Crippen MR) is 60.0 cm³/mol. The van der Waals surface area contributed by atoms with Crippen LogP contribution in [0.25, 0.3) is 0 Å². The molecule has 1 heterocycles. The van der Waals surface area contributed by atoms with Crippen LogP contribution in [0.3, 0.4) is 0 Å². The molecule has 0 fully saturated rings. The van der Waals surface area contributed by atoms with Gasteiger partial charge < -0.3 is 4.74 Å². The van der Waals surface area contributed by atoms with Crippen molar-refractivity contribution in [3.8, 4) is 0 Å². The van der Waals surface area contributed by atoms with Crippen molar-refractivity contribution in [3.05, 3.63) is 13.0 Å². The molecule has 0 atom stereocenters. The molecule has 0 amide bonds. The van der Waals surface area contributed by atoms with Crippen molar-refractivity contribution in [1.29, 1.82) is 0 Å². The van der Waals surface area contributed by atoms with Gasteiger partial charge in [0.2, 0.25) is 0 Å². The summed E-state index contributed by atoms with van der Waals surface area (Å²) in [7, 11) is 3.15. The Bertz CT molecular complexity index is 322. The summed E-state index contributed by atoms with van der Waals surface area (Å²) in [6.45, 7) is 0. The Kier molecular flexibility index (Phi) is 3.32. The van der Waals surface area contributed by atoms with Gasteiger partial charge in [-0.1, -0.05) is 0 Å². The number of carbonyl (C=O) groups excluding carboxylic acids is 1. The van der Waals surface area contributed by atoms with E-state index in [9.17, 15) is 4.79 Å². The van der Waals surface area contributed by atoms with E-state index in [4.69, 9.17) is 0 Å². The summed E-state index contributed by atoms with van der Waals surface area (Å²) in [4.78, 5) is 11.2. The standard InChI is InChI=1S/C6H6I2N2O2/c1-10-5(8)3(4(7)9-10)6(11)12-2/h1-2H3. The summed E-state index contributed by atoms with van der Waals surface area (Å²) in [5.41, 5.74) is 0.543. The van der Waals surface area contributed by atoms with Crippen LogP contribution in [0.5, 0.6) is 0 Å². The fourth-order valence-corrected chi connectivity index (χ4v) is 2.64. The van der Waals surface area contributed by atoms with Gasteiger partial charge in [-0.2, -0.15) is 5.10 Å². The first-order chi connectivity index (χ1) is 5.57. The van der Waals surface area contributed by atoms with Crippen LogP contribution in [-0.4, -0.2) is 22.9 Å². The van der Waals surface area contributed by atoms with E-state index in [1.807, 2.05) is 22.6 Å². The Balaban J connectivity index is 3.22. The number of hydrogen-bond donors (Lipinski definition) is 0. The Labute approximate surface area is 96.9 Å². The zero-order chi connectivity index (χ0) is 9.30. The van der Waals surface area contributed by atoms with Crippen LogP contribution in [0.15, 0.2) is 0 Å². The highest BCUT2D eigenvalue weighted by molar-refractivity contribution is 14.1. The van der Waals surface area contributed by atoms with E-state index >= 15 is 0 Å². The van der Waals surface area contributed by atoms with E-state index < -0.39 is 0 Å². The topological polar surface area (TPSA) is 44.1 Å². The monoisotopic (exact) mass is 392 g/mol. The van der Waals surface area contributed by atoms with Crippen LogP contribution in [0.2, 0.25) is 0 Å². The second-order valence-electron chi connectivity index (χ2n) is 2.07. The van der Waals surface area contributed by atoms with Crippen molar-refractivity contribution in [3.63, 3.8) is 0 Å². The number of nitrogens with zero attached hydrogens (tertiary/aromatic N) is 2. The van der Waals surface area contributed by atoms with Crippen LogP contribution < -0.4 is 0 Å². The predicted octanol–water partition coefficient (Wildman–Crippen LogP) is 1.42. The molecule has 66 valence electrons. The van der Waals surface area contributed by atoms with E-state index in [0.717, 1.165) is 3.70 Å². The molecule has 12 heavy (non-hydrogen) atoms. The first-order valence-electron chi connectivity index (χ1n) is 3.04. The molecule has 0 aliphatic carbocycles. The van der Waals surface area contributed by atoms with Crippen LogP contribution >= 0.6 is 45.2 Å². The lowest BCUT2D eigenvalue weighted by molar-refractivity contribution is 0.0598. The van der Waals surface area contributed by atoms with Gasteiger partial charge in [0.05, 0.1) is 7.11 Å². The highest BCUT2D eigenvalue weighted by Crippen LogP contribution is 2.18. The number of esters is 1. The van der Waals surface area contributed by atoms with Crippen molar-refractivity contribution in [2.24, 2.45) is 7.05 Å². The lowest BCUT2D eigenvalue weighted by Gasteiger charge is -1.96. The van der Waals surface area contributed by atoms with Gasteiger partial charge in [0.15, 0.2) is 0 Å². The molecule has 0 unspecified atom stereocenters. The fraction of sp³-hybridized carbons (Fsp3) is 0.333. The van der Waals surface area contributed by atoms with Gasteiger partial charge in [-0.3, -0.25) is 4.68 Å². The molecule has 0 spiro atoms. The molecule has 0 saturated heterocycles. The van der Waals surface area contributed by atoms with Gasteiger partial charge >= 0.3 is 5.97 Å². The van der Waals surface area contributed by atoms with E-state index in [1.54, 1.807) is 11.7 Å².